The van der Waals surface area contributed by atoms with E-state index in [0.717, 1.165) is 18.5 Å². The smallest absolute Gasteiger partial charge is 0.273 e. The van der Waals surface area contributed by atoms with Crippen molar-refractivity contribution in [1.82, 2.24) is 5.32 Å². The quantitative estimate of drug-likeness (QED) is 0.381. The van der Waals surface area contributed by atoms with Gasteiger partial charge in [-0.25, -0.2) is 0 Å². The molecule has 118 valence electrons. The lowest BCUT2D eigenvalue weighted by atomic mass is 10.2. The fraction of sp³-hybridized carbons (Fsp3) is 0.571. The molecule has 1 aromatic carbocycles. The summed E-state index contributed by atoms with van der Waals surface area (Å²) in [5.74, 6) is 0.490. The van der Waals surface area contributed by atoms with Crippen molar-refractivity contribution in [2.45, 2.75) is 13.0 Å². The molecular weight excluding hydrogens is 276 g/mol. The van der Waals surface area contributed by atoms with Gasteiger partial charge in [-0.05, 0) is 24.6 Å². The molecule has 0 saturated carbocycles. The average molecular weight is 298 g/mol. The maximum atomic E-state index is 10.8. The molecule has 0 aliphatic rings. The SMILES string of the molecule is COCCOCCCNCc1cc(OC)cc([N+](=O)[O-])c1. The summed E-state index contributed by atoms with van der Waals surface area (Å²) in [4.78, 5) is 10.4. The summed E-state index contributed by atoms with van der Waals surface area (Å²) in [7, 11) is 3.13. The van der Waals surface area contributed by atoms with Gasteiger partial charge < -0.3 is 19.5 Å². The van der Waals surface area contributed by atoms with Gasteiger partial charge in [0.25, 0.3) is 5.69 Å². The standard InChI is InChI=1S/C14H22N2O5/c1-19-6-7-21-5-3-4-15-11-12-8-13(16(17)18)10-14(9-12)20-2/h8-10,15H,3-7,11H2,1-2H3. The summed E-state index contributed by atoms with van der Waals surface area (Å²) in [6, 6.07) is 4.74. The van der Waals surface area contributed by atoms with E-state index in [9.17, 15) is 10.1 Å². The Balaban J connectivity index is 2.31. The van der Waals surface area contributed by atoms with E-state index in [0.29, 0.717) is 32.1 Å². The van der Waals surface area contributed by atoms with Crippen LogP contribution >= 0.6 is 0 Å². The second-order valence-corrected chi connectivity index (χ2v) is 4.43. The van der Waals surface area contributed by atoms with Crippen LogP contribution in [-0.2, 0) is 16.0 Å². The average Bonchev–Trinajstić information content (AvgIpc) is 2.49. The molecule has 0 aromatic heterocycles. The zero-order chi connectivity index (χ0) is 15.5. The van der Waals surface area contributed by atoms with Crippen molar-refractivity contribution < 1.29 is 19.1 Å². The minimum Gasteiger partial charge on any atom is -0.496 e. The van der Waals surface area contributed by atoms with E-state index in [-0.39, 0.29) is 5.69 Å². The Morgan fingerprint density at radius 1 is 1.19 bits per heavy atom. The maximum absolute atomic E-state index is 10.8. The fourth-order valence-electron chi connectivity index (χ4n) is 1.75. The first-order chi connectivity index (χ1) is 10.2. The number of benzene rings is 1. The van der Waals surface area contributed by atoms with Crippen LogP contribution in [0.4, 0.5) is 5.69 Å². The van der Waals surface area contributed by atoms with Crippen LogP contribution in [0.5, 0.6) is 5.75 Å². The van der Waals surface area contributed by atoms with Gasteiger partial charge in [-0.1, -0.05) is 0 Å². The molecule has 0 bridgehead atoms. The number of nitrogens with zero attached hydrogens (tertiary/aromatic N) is 1. The van der Waals surface area contributed by atoms with Crippen molar-refractivity contribution in [3.05, 3.63) is 33.9 Å². The summed E-state index contributed by atoms with van der Waals surface area (Å²) >= 11 is 0. The normalized spacial score (nSPS) is 10.6. The Bertz CT molecular complexity index is 439. The van der Waals surface area contributed by atoms with Gasteiger partial charge in [0, 0.05) is 26.3 Å². The van der Waals surface area contributed by atoms with Crippen LogP contribution in [0.2, 0.25) is 0 Å². The molecule has 0 atom stereocenters. The molecule has 1 aromatic rings. The van der Waals surface area contributed by atoms with Gasteiger partial charge in [-0.15, -0.1) is 0 Å². The summed E-state index contributed by atoms with van der Waals surface area (Å²) in [5, 5.41) is 14.0. The zero-order valence-electron chi connectivity index (χ0n) is 12.5. The fourth-order valence-corrected chi connectivity index (χ4v) is 1.75. The summed E-state index contributed by atoms with van der Waals surface area (Å²) in [6.07, 6.45) is 0.871. The molecule has 0 aliphatic heterocycles. The van der Waals surface area contributed by atoms with Gasteiger partial charge >= 0.3 is 0 Å². The monoisotopic (exact) mass is 298 g/mol. The topological polar surface area (TPSA) is 82.9 Å². The lowest BCUT2D eigenvalue weighted by molar-refractivity contribution is -0.385. The Kier molecular flexibility index (Phi) is 8.34. The highest BCUT2D eigenvalue weighted by atomic mass is 16.6. The molecule has 0 radical (unpaired) electrons. The van der Waals surface area contributed by atoms with Gasteiger partial charge in [0.05, 0.1) is 31.3 Å². The van der Waals surface area contributed by atoms with Crippen molar-refractivity contribution in [2.24, 2.45) is 0 Å². The third-order valence-electron chi connectivity index (χ3n) is 2.80. The highest BCUT2D eigenvalue weighted by molar-refractivity contribution is 5.42. The number of nitro benzene ring substituents is 1. The first-order valence-electron chi connectivity index (χ1n) is 6.77. The second-order valence-electron chi connectivity index (χ2n) is 4.43. The van der Waals surface area contributed by atoms with E-state index in [1.807, 2.05) is 0 Å². The third kappa shape index (κ3) is 7.03. The molecule has 7 nitrogen and oxygen atoms in total. The number of nitro groups is 1. The van der Waals surface area contributed by atoms with E-state index in [2.05, 4.69) is 5.32 Å². The van der Waals surface area contributed by atoms with Crippen molar-refractivity contribution in [3.63, 3.8) is 0 Å². The highest BCUT2D eigenvalue weighted by Gasteiger charge is 2.09. The molecule has 1 N–H and O–H groups in total. The number of non-ortho nitro benzene ring substituents is 1. The minimum absolute atomic E-state index is 0.0362. The van der Waals surface area contributed by atoms with Crippen molar-refractivity contribution >= 4 is 5.69 Å². The van der Waals surface area contributed by atoms with E-state index in [1.165, 1.54) is 13.2 Å². The molecule has 0 saturated heterocycles. The van der Waals surface area contributed by atoms with E-state index >= 15 is 0 Å². The lowest BCUT2D eigenvalue weighted by Gasteiger charge is -2.07. The Morgan fingerprint density at radius 3 is 2.67 bits per heavy atom. The lowest BCUT2D eigenvalue weighted by Crippen LogP contribution is -2.17. The Morgan fingerprint density at radius 2 is 2.00 bits per heavy atom. The molecule has 21 heavy (non-hydrogen) atoms. The van der Waals surface area contributed by atoms with Crippen molar-refractivity contribution in [2.75, 3.05) is 40.6 Å². The number of methoxy groups -OCH3 is 2. The van der Waals surface area contributed by atoms with Gasteiger partial charge in [0.15, 0.2) is 0 Å². The van der Waals surface area contributed by atoms with Crippen LogP contribution in [0.1, 0.15) is 12.0 Å². The molecule has 0 fully saturated rings. The molecule has 0 amide bonds. The number of rotatable bonds is 11. The van der Waals surface area contributed by atoms with Crippen LogP contribution in [-0.4, -0.2) is 45.5 Å². The second kappa shape index (κ2) is 10.1. The number of nitrogens with one attached hydrogen (secondary N) is 1. The van der Waals surface area contributed by atoms with E-state index in [1.54, 1.807) is 19.2 Å². The Hall–Kier alpha value is -1.70. The molecule has 0 heterocycles. The molecule has 0 unspecified atom stereocenters. The summed E-state index contributed by atoms with van der Waals surface area (Å²) in [5.41, 5.74) is 0.857. The summed E-state index contributed by atoms with van der Waals surface area (Å²) in [6.45, 7) is 3.18. The van der Waals surface area contributed by atoms with E-state index in [4.69, 9.17) is 14.2 Å². The maximum Gasteiger partial charge on any atom is 0.273 e. The molecule has 0 aliphatic carbocycles. The number of hydrogen-bond donors (Lipinski definition) is 1. The zero-order valence-corrected chi connectivity index (χ0v) is 12.5. The number of ether oxygens (including phenoxy) is 3. The van der Waals surface area contributed by atoms with Crippen LogP contribution in [0.3, 0.4) is 0 Å². The first kappa shape index (κ1) is 17.4. The number of hydrogen-bond acceptors (Lipinski definition) is 6. The van der Waals surface area contributed by atoms with Gasteiger partial charge in [-0.2, -0.15) is 0 Å². The van der Waals surface area contributed by atoms with Gasteiger partial charge in [0.1, 0.15) is 5.75 Å². The van der Waals surface area contributed by atoms with Crippen LogP contribution in [0.25, 0.3) is 0 Å². The van der Waals surface area contributed by atoms with Crippen molar-refractivity contribution in [3.8, 4) is 5.75 Å². The van der Waals surface area contributed by atoms with E-state index < -0.39 is 4.92 Å². The molecule has 7 heteroatoms. The van der Waals surface area contributed by atoms with Crippen LogP contribution < -0.4 is 10.1 Å². The predicted octanol–water partition coefficient (Wildman–Crippen LogP) is 1.75. The van der Waals surface area contributed by atoms with Gasteiger partial charge in [-0.3, -0.25) is 10.1 Å². The third-order valence-corrected chi connectivity index (χ3v) is 2.80. The molecule has 1 rings (SSSR count). The van der Waals surface area contributed by atoms with Crippen LogP contribution in [0.15, 0.2) is 18.2 Å². The minimum atomic E-state index is -0.421. The van der Waals surface area contributed by atoms with Crippen LogP contribution in [0, 0.1) is 10.1 Å². The highest BCUT2D eigenvalue weighted by Crippen LogP contribution is 2.22. The summed E-state index contributed by atoms with van der Waals surface area (Å²) < 4.78 is 15.3. The molecular formula is C14H22N2O5. The Labute approximate surface area is 124 Å². The van der Waals surface area contributed by atoms with Gasteiger partial charge in [0.2, 0.25) is 0 Å². The predicted molar refractivity (Wildman–Crippen MR) is 78.7 cm³/mol. The largest absolute Gasteiger partial charge is 0.496 e. The first-order valence-corrected chi connectivity index (χ1v) is 6.77. The molecule has 0 spiro atoms. The van der Waals surface area contributed by atoms with Crippen molar-refractivity contribution in [1.29, 1.82) is 0 Å².